The van der Waals surface area contributed by atoms with Crippen LogP contribution in [0.4, 0.5) is 0 Å². The zero-order valence-corrected chi connectivity index (χ0v) is 17.0. The molecule has 1 heterocycles. The number of nitrogens with one attached hydrogen (secondary N) is 1. The van der Waals surface area contributed by atoms with Crippen LogP contribution in [0.2, 0.25) is 0 Å². The summed E-state index contributed by atoms with van der Waals surface area (Å²) >= 11 is 1.59. The van der Waals surface area contributed by atoms with Crippen LogP contribution in [0.25, 0.3) is 0 Å². The second-order valence-corrected chi connectivity index (χ2v) is 8.60. The summed E-state index contributed by atoms with van der Waals surface area (Å²) in [7, 11) is 2.18. The Hall–Kier alpha value is -1.82. The number of amides is 1. The van der Waals surface area contributed by atoms with E-state index in [0.717, 1.165) is 43.2 Å². The maximum absolute atomic E-state index is 12.3. The molecule has 3 rings (SSSR count). The van der Waals surface area contributed by atoms with Crippen LogP contribution in [0.3, 0.4) is 0 Å². The van der Waals surface area contributed by atoms with Crippen LogP contribution in [-0.4, -0.2) is 54.2 Å². The summed E-state index contributed by atoms with van der Waals surface area (Å²) in [6, 6.07) is 18.7. The topological polar surface area (TPSA) is 35.6 Å². The molecule has 0 aromatic heterocycles. The third-order valence-electron chi connectivity index (χ3n) is 4.92. The molecule has 0 bridgehead atoms. The van der Waals surface area contributed by atoms with Gasteiger partial charge in [-0.05, 0) is 37.2 Å². The molecule has 2 aromatic rings. The van der Waals surface area contributed by atoms with E-state index in [1.54, 1.807) is 11.8 Å². The maximum Gasteiger partial charge on any atom is 0.233 e. The Kier molecular flexibility index (Phi) is 7.33. The highest BCUT2D eigenvalue weighted by atomic mass is 32.2. The molecule has 4 nitrogen and oxygen atoms in total. The van der Waals surface area contributed by atoms with Crippen molar-refractivity contribution < 1.29 is 4.79 Å². The monoisotopic (exact) mass is 383 g/mol. The van der Waals surface area contributed by atoms with Gasteiger partial charge < -0.3 is 10.2 Å². The Labute approximate surface area is 166 Å². The van der Waals surface area contributed by atoms with Crippen molar-refractivity contribution in [2.75, 3.05) is 33.2 Å². The van der Waals surface area contributed by atoms with Crippen LogP contribution in [-0.2, 0) is 17.9 Å². The van der Waals surface area contributed by atoms with Gasteiger partial charge in [0.05, 0.1) is 5.25 Å². The predicted octanol–water partition coefficient (Wildman–Crippen LogP) is 3.23. The number of thioether (sulfide) groups is 1. The van der Waals surface area contributed by atoms with E-state index < -0.39 is 0 Å². The molecular weight excluding hydrogens is 354 g/mol. The maximum atomic E-state index is 12.3. The minimum absolute atomic E-state index is 0.0744. The van der Waals surface area contributed by atoms with Gasteiger partial charge in [0.15, 0.2) is 0 Å². The van der Waals surface area contributed by atoms with Crippen molar-refractivity contribution in [3.05, 3.63) is 65.7 Å². The Morgan fingerprint density at radius 1 is 1.00 bits per heavy atom. The Morgan fingerprint density at radius 3 is 2.30 bits per heavy atom. The molecule has 1 aliphatic rings. The van der Waals surface area contributed by atoms with E-state index in [1.165, 1.54) is 5.56 Å². The Balaban J connectivity index is 1.43. The molecular formula is C22H29N3OS. The van der Waals surface area contributed by atoms with E-state index in [-0.39, 0.29) is 11.2 Å². The Bertz CT molecular complexity index is 712. The number of hydrogen-bond donors (Lipinski definition) is 1. The van der Waals surface area contributed by atoms with Crippen molar-refractivity contribution in [2.24, 2.45) is 0 Å². The Morgan fingerprint density at radius 2 is 1.63 bits per heavy atom. The first kappa shape index (κ1) is 19.9. The van der Waals surface area contributed by atoms with Crippen LogP contribution in [0.5, 0.6) is 0 Å². The first-order valence-corrected chi connectivity index (χ1v) is 10.5. The normalized spacial score (nSPS) is 16.8. The number of hydrogen-bond acceptors (Lipinski definition) is 4. The lowest BCUT2D eigenvalue weighted by Crippen LogP contribution is -2.43. The molecule has 1 amide bonds. The predicted molar refractivity (Wildman–Crippen MR) is 113 cm³/mol. The minimum Gasteiger partial charge on any atom is -0.351 e. The average molecular weight is 384 g/mol. The second-order valence-electron chi connectivity index (χ2n) is 7.19. The lowest BCUT2D eigenvalue weighted by molar-refractivity contribution is -0.120. The van der Waals surface area contributed by atoms with Crippen molar-refractivity contribution in [2.45, 2.75) is 30.2 Å². The summed E-state index contributed by atoms with van der Waals surface area (Å²) in [5.41, 5.74) is 2.48. The third-order valence-corrected chi connectivity index (χ3v) is 6.03. The molecule has 2 aromatic carbocycles. The lowest BCUT2D eigenvalue weighted by atomic mass is 10.1. The number of piperazine rings is 1. The molecule has 1 saturated heterocycles. The highest BCUT2D eigenvalue weighted by Gasteiger charge is 2.15. The zero-order valence-electron chi connectivity index (χ0n) is 16.2. The van der Waals surface area contributed by atoms with Gasteiger partial charge in [0.1, 0.15) is 0 Å². The first-order valence-electron chi connectivity index (χ1n) is 9.58. The fraction of sp³-hybridized carbons (Fsp3) is 0.409. The molecule has 0 spiro atoms. The molecule has 1 aliphatic heterocycles. The van der Waals surface area contributed by atoms with Crippen molar-refractivity contribution in [3.63, 3.8) is 0 Å². The highest BCUT2D eigenvalue weighted by molar-refractivity contribution is 8.00. The number of likely N-dealkylation sites (N-methyl/N-ethyl adjacent to an activating group) is 1. The van der Waals surface area contributed by atoms with Gasteiger partial charge in [-0.2, -0.15) is 0 Å². The lowest BCUT2D eigenvalue weighted by Gasteiger charge is -2.32. The van der Waals surface area contributed by atoms with Crippen LogP contribution in [0.15, 0.2) is 59.5 Å². The fourth-order valence-electron chi connectivity index (χ4n) is 3.12. The van der Waals surface area contributed by atoms with Crippen molar-refractivity contribution in [1.29, 1.82) is 0 Å². The molecule has 27 heavy (non-hydrogen) atoms. The van der Waals surface area contributed by atoms with Crippen molar-refractivity contribution in [1.82, 2.24) is 15.1 Å². The largest absolute Gasteiger partial charge is 0.351 e. The van der Waals surface area contributed by atoms with E-state index in [2.05, 4.69) is 46.4 Å². The highest BCUT2D eigenvalue weighted by Crippen LogP contribution is 2.22. The molecule has 1 fully saturated rings. The number of carbonyl (C=O) groups excluding carboxylic acids is 1. The number of carbonyl (C=O) groups is 1. The summed E-state index contributed by atoms with van der Waals surface area (Å²) < 4.78 is 0. The molecule has 5 heteroatoms. The minimum atomic E-state index is -0.107. The first-order chi connectivity index (χ1) is 13.1. The summed E-state index contributed by atoms with van der Waals surface area (Å²) in [5.74, 6) is 0.0744. The molecule has 0 radical (unpaired) electrons. The van der Waals surface area contributed by atoms with Gasteiger partial charge in [0, 0.05) is 44.2 Å². The van der Waals surface area contributed by atoms with Gasteiger partial charge in [-0.3, -0.25) is 9.69 Å². The molecule has 1 N–H and O–H groups in total. The molecule has 0 aliphatic carbocycles. The second kappa shape index (κ2) is 9.93. The summed E-state index contributed by atoms with van der Waals surface area (Å²) in [5, 5.41) is 2.94. The van der Waals surface area contributed by atoms with Crippen molar-refractivity contribution >= 4 is 17.7 Å². The van der Waals surface area contributed by atoms with Crippen molar-refractivity contribution in [3.8, 4) is 0 Å². The van der Waals surface area contributed by atoms with E-state index in [1.807, 2.05) is 37.3 Å². The van der Waals surface area contributed by atoms with Gasteiger partial charge >= 0.3 is 0 Å². The smallest absolute Gasteiger partial charge is 0.233 e. The standard InChI is InChI=1S/C22H29N3OS/c1-18(27-21-6-4-3-5-7-21)22(26)23-16-19-8-10-20(11-9-19)17-25-14-12-24(2)13-15-25/h3-11,18H,12-17H2,1-2H3,(H,23,26). The number of nitrogens with zero attached hydrogens (tertiary/aromatic N) is 2. The molecule has 0 saturated carbocycles. The molecule has 1 unspecified atom stereocenters. The number of benzene rings is 2. The van der Waals surface area contributed by atoms with E-state index in [9.17, 15) is 4.79 Å². The van der Waals surface area contributed by atoms with E-state index >= 15 is 0 Å². The van der Waals surface area contributed by atoms with Gasteiger partial charge in [-0.15, -0.1) is 11.8 Å². The van der Waals surface area contributed by atoms with Crippen LogP contribution < -0.4 is 5.32 Å². The van der Waals surface area contributed by atoms with Gasteiger partial charge in [-0.1, -0.05) is 42.5 Å². The van der Waals surface area contributed by atoms with E-state index in [4.69, 9.17) is 0 Å². The molecule has 1 atom stereocenters. The molecule has 144 valence electrons. The van der Waals surface area contributed by atoms with Crippen LogP contribution in [0.1, 0.15) is 18.1 Å². The fourth-order valence-corrected chi connectivity index (χ4v) is 4.03. The SMILES string of the molecule is CC(Sc1ccccc1)C(=O)NCc1ccc(CN2CCN(C)CC2)cc1. The van der Waals surface area contributed by atoms with Crippen LogP contribution in [0, 0.1) is 0 Å². The quantitative estimate of drug-likeness (QED) is 0.745. The summed E-state index contributed by atoms with van der Waals surface area (Å²) in [6.07, 6.45) is 0. The summed E-state index contributed by atoms with van der Waals surface area (Å²) in [4.78, 5) is 18.3. The summed E-state index contributed by atoms with van der Waals surface area (Å²) in [6.45, 7) is 8.08. The van der Waals surface area contributed by atoms with Gasteiger partial charge in [0.25, 0.3) is 0 Å². The van der Waals surface area contributed by atoms with Crippen LogP contribution >= 0.6 is 11.8 Å². The third kappa shape index (κ3) is 6.38. The van der Waals surface area contributed by atoms with Gasteiger partial charge in [-0.25, -0.2) is 0 Å². The average Bonchev–Trinajstić information content (AvgIpc) is 2.69. The van der Waals surface area contributed by atoms with Gasteiger partial charge in [0.2, 0.25) is 5.91 Å². The van der Waals surface area contributed by atoms with E-state index in [0.29, 0.717) is 6.54 Å². The zero-order chi connectivity index (χ0) is 19.1. The number of rotatable bonds is 7.